The van der Waals surface area contributed by atoms with Gasteiger partial charge in [-0.3, -0.25) is 24.2 Å². The third kappa shape index (κ3) is 7.35. The number of ether oxygens (including phenoxy) is 2. The van der Waals surface area contributed by atoms with E-state index in [1.54, 1.807) is 14.7 Å². The van der Waals surface area contributed by atoms with Gasteiger partial charge in [0.2, 0.25) is 11.8 Å². The van der Waals surface area contributed by atoms with Crippen LogP contribution in [0.1, 0.15) is 55.4 Å². The molecule has 3 amide bonds. The summed E-state index contributed by atoms with van der Waals surface area (Å²) in [6.45, 7) is 8.82. The number of nitrogens with zero attached hydrogens (tertiary/aromatic N) is 3. The summed E-state index contributed by atoms with van der Waals surface area (Å²) >= 11 is 0. The zero-order valence-electron chi connectivity index (χ0n) is 34.8. The largest absolute Gasteiger partial charge is 0.494 e. The molecule has 4 N–H and O–H groups in total. The molecule has 4 aromatic rings. The molecule has 8 rings (SSSR count). The Balaban J connectivity index is 1.22. The topological polar surface area (TPSA) is 152 Å². The van der Waals surface area contributed by atoms with Crippen molar-refractivity contribution in [2.75, 3.05) is 36.2 Å². The van der Waals surface area contributed by atoms with Crippen molar-refractivity contribution in [2.24, 2.45) is 5.92 Å². The highest BCUT2D eigenvalue weighted by Gasteiger charge is 2.67. The summed E-state index contributed by atoms with van der Waals surface area (Å²) in [5, 5.41) is 23.3. The number of aliphatic hydroxyl groups excluding tert-OH is 2. The Labute approximate surface area is 352 Å². The van der Waals surface area contributed by atoms with Gasteiger partial charge in [-0.2, -0.15) is 0 Å². The highest BCUT2D eigenvalue weighted by atomic mass is 28.4. The predicted molar refractivity (Wildman–Crippen MR) is 232 cm³/mol. The summed E-state index contributed by atoms with van der Waals surface area (Å²) in [6.07, 6.45) is 1.42. The lowest BCUT2D eigenvalue weighted by Gasteiger charge is -2.37. The van der Waals surface area contributed by atoms with Crippen molar-refractivity contribution in [3.63, 3.8) is 0 Å². The van der Waals surface area contributed by atoms with E-state index < -0.39 is 43.6 Å². The van der Waals surface area contributed by atoms with E-state index in [1.807, 2.05) is 118 Å². The number of carbonyl (C=O) groups excluding carboxylic acids is 3. The van der Waals surface area contributed by atoms with Gasteiger partial charge in [0.25, 0.3) is 5.91 Å². The van der Waals surface area contributed by atoms with Gasteiger partial charge in [0, 0.05) is 41.5 Å². The summed E-state index contributed by atoms with van der Waals surface area (Å²) in [5.74, 6) is -0.536. The summed E-state index contributed by atoms with van der Waals surface area (Å²) < 4.78 is 13.0. The first-order valence-electron chi connectivity index (χ1n) is 21.3. The highest BCUT2D eigenvalue weighted by Crippen LogP contribution is 2.61. The monoisotopic (exact) mass is 832 g/mol. The van der Waals surface area contributed by atoms with Crippen molar-refractivity contribution in [3.8, 4) is 5.75 Å². The van der Waals surface area contributed by atoms with E-state index in [0.29, 0.717) is 79.4 Å². The van der Waals surface area contributed by atoms with Crippen molar-refractivity contribution in [3.05, 3.63) is 113 Å². The minimum atomic E-state index is -3.16. The number of aliphatic hydroxyl groups is 2. The van der Waals surface area contributed by atoms with Crippen LogP contribution in [0.3, 0.4) is 0 Å². The van der Waals surface area contributed by atoms with E-state index in [1.165, 1.54) is 0 Å². The van der Waals surface area contributed by atoms with Crippen LogP contribution in [0.4, 0.5) is 22.7 Å². The Hall–Kier alpha value is -4.89. The number of benzene rings is 4. The van der Waals surface area contributed by atoms with Gasteiger partial charge in [0.05, 0.1) is 49.2 Å². The molecule has 1 unspecified atom stereocenters. The van der Waals surface area contributed by atoms with Crippen molar-refractivity contribution in [1.82, 2.24) is 10.2 Å². The van der Waals surface area contributed by atoms with Crippen LogP contribution in [0, 0.1) is 5.92 Å². The standard InChI is InChI=1S/C47H56N4O8Si/c1-5-58-37-18-20-40-33(24-37)25-39(48-21-11-12-22-52)45(55)50(40)35-17-19-41-38(26-35)47(46(56)51(41)34-15-7-6-8-16-34)30(2)44(60(3,4)57)42(59-47)27-43(54)49-28-32-14-10-9-13-31(32)23-36(49)29-53/h6-10,13-20,24,26,30,36,39,42,44,48,52-53,57H,5,11-12,21-23,25,27-29H2,1-4H3/t30-,36-,39?,42+,44-,47+/m0/s1. The van der Waals surface area contributed by atoms with Crippen LogP contribution >= 0.6 is 0 Å². The van der Waals surface area contributed by atoms with E-state index in [-0.39, 0.29) is 37.4 Å². The average Bonchev–Trinajstić information content (AvgIpc) is 3.68. The number of carbonyl (C=O) groups is 3. The van der Waals surface area contributed by atoms with Crippen LogP contribution in [0.5, 0.6) is 5.75 Å². The van der Waals surface area contributed by atoms with E-state index in [0.717, 1.165) is 16.7 Å². The lowest BCUT2D eigenvalue weighted by molar-refractivity contribution is -0.150. The second-order valence-electron chi connectivity index (χ2n) is 17.1. The quantitative estimate of drug-likeness (QED) is 0.0962. The van der Waals surface area contributed by atoms with Crippen molar-refractivity contribution < 1.29 is 38.9 Å². The smallest absolute Gasteiger partial charge is 0.268 e. The molecule has 1 spiro atoms. The molecule has 0 aromatic heterocycles. The van der Waals surface area contributed by atoms with Crippen LogP contribution in [0.2, 0.25) is 18.6 Å². The van der Waals surface area contributed by atoms with E-state index in [9.17, 15) is 24.6 Å². The molecule has 0 radical (unpaired) electrons. The molecule has 0 bridgehead atoms. The maximum absolute atomic E-state index is 15.4. The van der Waals surface area contributed by atoms with Gasteiger partial charge in [-0.05, 0) is 117 Å². The molecule has 4 aliphatic heterocycles. The SMILES string of the molecule is CCOc1ccc2c(c1)CC(NCCCCO)C(=O)N2c1ccc2c(c1)[C@@]1(O[C@H](CC(=O)N3Cc4ccccc4C[C@H]3CO)[C@@H]([Si](C)(C)O)[C@@H]1C)C(=O)N2c1ccccc1. The van der Waals surface area contributed by atoms with Gasteiger partial charge in [-0.15, -0.1) is 0 Å². The Morgan fingerprint density at radius 3 is 2.33 bits per heavy atom. The first kappa shape index (κ1) is 41.8. The predicted octanol–water partition coefficient (Wildman–Crippen LogP) is 5.85. The van der Waals surface area contributed by atoms with Crippen LogP contribution in [-0.2, 0) is 44.1 Å². The van der Waals surface area contributed by atoms with Gasteiger partial charge in [-0.1, -0.05) is 49.4 Å². The fraction of sp³-hybridized carbons (Fsp3) is 0.426. The second kappa shape index (κ2) is 16.9. The summed E-state index contributed by atoms with van der Waals surface area (Å²) in [7, 11) is -3.16. The van der Waals surface area contributed by atoms with Gasteiger partial charge < -0.3 is 34.7 Å². The minimum Gasteiger partial charge on any atom is -0.494 e. The van der Waals surface area contributed by atoms with Crippen LogP contribution in [-0.4, -0.2) is 90.5 Å². The van der Waals surface area contributed by atoms with Gasteiger partial charge in [0.15, 0.2) is 13.9 Å². The third-order valence-corrected chi connectivity index (χ3v) is 15.4. The second-order valence-corrected chi connectivity index (χ2v) is 21.1. The van der Waals surface area contributed by atoms with E-state index >= 15 is 4.79 Å². The molecule has 6 atom stereocenters. The van der Waals surface area contributed by atoms with Gasteiger partial charge in [-0.25, -0.2) is 0 Å². The zero-order valence-corrected chi connectivity index (χ0v) is 35.8. The molecule has 13 heteroatoms. The number of hydrogen-bond acceptors (Lipinski definition) is 9. The molecule has 0 saturated carbocycles. The normalized spacial score (nSPS) is 24.8. The Morgan fingerprint density at radius 2 is 1.62 bits per heavy atom. The van der Waals surface area contributed by atoms with Crippen LogP contribution in [0.25, 0.3) is 0 Å². The first-order valence-corrected chi connectivity index (χ1v) is 24.3. The first-order chi connectivity index (χ1) is 28.9. The maximum Gasteiger partial charge on any atom is 0.268 e. The van der Waals surface area contributed by atoms with E-state index in [2.05, 4.69) is 5.32 Å². The number of nitrogens with one attached hydrogen (secondary N) is 1. The van der Waals surface area contributed by atoms with Crippen molar-refractivity contribution in [1.29, 1.82) is 0 Å². The fourth-order valence-corrected chi connectivity index (χ4v) is 12.8. The number of para-hydroxylation sites is 1. The maximum atomic E-state index is 15.4. The Bertz CT molecular complexity index is 2250. The molecule has 60 heavy (non-hydrogen) atoms. The molecule has 1 fully saturated rings. The van der Waals surface area contributed by atoms with Crippen LogP contribution in [0.15, 0.2) is 91.0 Å². The fourth-order valence-electron chi connectivity index (χ4n) is 10.2. The number of amides is 3. The number of rotatable bonds is 13. The lowest BCUT2D eigenvalue weighted by Crippen LogP contribution is -2.49. The lowest BCUT2D eigenvalue weighted by atomic mass is 9.82. The summed E-state index contributed by atoms with van der Waals surface area (Å²) in [4.78, 5) is 61.6. The van der Waals surface area contributed by atoms with Crippen molar-refractivity contribution >= 4 is 48.8 Å². The van der Waals surface area contributed by atoms with Crippen LogP contribution < -0.4 is 19.9 Å². The molecule has 4 aliphatic rings. The van der Waals surface area contributed by atoms with Gasteiger partial charge >= 0.3 is 0 Å². The number of unbranched alkanes of at least 4 members (excludes halogenated alkanes) is 1. The molecule has 1 saturated heterocycles. The summed E-state index contributed by atoms with van der Waals surface area (Å²) in [6, 6.07) is 27.7. The minimum absolute atomic E-state index is 0.0743. The number of fused-ring (bicyclic) bond motifs is 4. The molecule has 12 nitrogen and oxygen atoms in total. The van der Waals surface area contributed by atoms with E-state index in [4.69, 9.17) is 9.47 Å². The molecule has 4 aromatic carbocycles. The number of hydrogen-bond donors (Lipinski definition) is 4. The third-order valence-electron chi connectivity index (χ3n) is 12.9. The van der Waals surface area contributed by atoms with Crippen molar-refractivity contribution in [2.45, 2.75) is 94.9 Å². The summed E-state index contributed by atoms with van der Waals surface area (Å²) in [5.41, 5.74) is 4.01. The molecule has 0 aliphatic carbocycles. The molecular formula is C47H56N4O8Si. The zero-order chi connectivity index (χ0) is 42.3. The molecule has 316 valence electrons. The average molecular weight is 833 g/mol. The Kier molecular flexibility index (Phi) is 11.8. The molecular weight excluding hydrogens is 777 g/mol. The number of anilines is 4. The Morgan fingerprint density at radius 1 is 0.883 bits per heavy atom. The highest BCUT2D eigenvalue weighted by molar-refractivity contribution is 6.71. The van der Waals surface area contributed by atoms with Gasteiger partial charge in [0.1, 0.15) is 5.75 Å². The molecule has 4 heterocycles.